The van der Waals surface area contributed by atoms with Gasteiger partial charge >= 0.3 is 6.03 Å². The predicted molar refractivity (Wildman–Crippen MR) is 107 cm³/mol. The van der Waals surface area contributed by atoms with Crippen molar-refractivity contribution in [3.05, 3.63) is 24.3 Å². The summed E-state index contributed by atoms with van der Waals surface area (Å²) in [6, 6.07) is 6.81. The predicted octanol–water partition coefficient (Wildman–Crippen LogP) is 2.16. The van der Waals surface area contributed by atoms with Gasteiger partial charge in [0.25, 0.3) is 5.91 Å². The van der Waals surface area contributed by atoms with Crippen LogP contribution in [0.25, 0.3) is 0 Å². The number of amides is 4. The Morgan fingerprint density at radius 1 is 1.00 bits per heavy atom. The second-order valence-electron chi connectivity index (χ2n) is 6.80. The van der Waals surface area contributed by atoms with Crippen molar-refractivity contribution < 1.29 is 19.1 Å². The maximum Gasteiger partial charge on any atom is 0.315 e. The Labute approximate surface area is 165 Å². The van der Waals surface area contributed by atoms with E-state index in [1.165, 1.54) is 6.42 Å². The van der Waals surface area contributed by atoms with E-state index in [1.54, 1.807) is 24.3 Å². The summed E-state index contributed by atoms with van der Waals surface area (Å²) in [5.41, 5.74) is 0.627. The minimum atomic E-state index is -0.215. The van der Waals surface area contributed by atoms with Crippen molar-refractivity contribution in [1.29, 1.82) is 0 Å². The molecule has 1 aliphatic carbocycles. The van der Waals surface area contributed by atoms with Crippen molar-refractivity contribution in [3.8, 4) is 5.75 Å². The fraction of sp³-hybridized carbons (Fsp3) is 0.550. The topological polar surface area (TPSA) is 109 Å². The molecule has 2 rings (SSSR count). The monoisotopic (exact) mass is 390 g/mol. The average molecular weight is 390 g/mol. The van der Waals surface area contributed by atoms with Crippen molar-refractivity contribution in [2.24, 2.45) is 0 Å². The standard InChI is InChI=1S/C20H30N4O4/c1-2-21-19(26)14-28-17-10-8-16(9-11-17)23-18(25)12-13-22-20(27)24-15-6-4-3-5-7-15/h8-11,15H,2-7,12-14H2,1H3,(H,21,26)(H,23,25)(H2,22,24,27). The summed E-state index contributed by atoms with van der Waals surface area (Å²) < 4.78 is 5.35. The molecule has 154 valence electrons. The molecular formula is C20H30N4O4. The second kappa shape index (κ2) is 11.8. The van der Waals surface area contributed by atoms with E-state index in [9.17, 15) is 14.4 Å². The van der Waals surface area contributed by atoms with Crippen LogP contribution in [-0.4, -0.2) is 43.6 Å². The minimum absolute atomic E-state index is 0.0475. The number of rotatable bonds is 9. The zero-order valence-electron chi connectivity index (χ0n) is 16.4. The lowest BCUT2D eigenvalue weighted by Gasteiger charge is -2.22. The molecule has 4 amide bonds. The number of carbonyl (C=O) groups excluding carboxylic acids is 3. The zero-order chi connectivity index (χ0) is 20.2. The summed E-state index contributed by atoms with van der Waals surface area (Å²) in [6.45, 7) is 2.63. The van der Waals surface area contributed by atoms with Crippen LogP contribution in [0.2, 0.25) is 0 Å². The Morgan fingerprint density at radius 2 is 1.71 bits per heavy atom. The normalized spacial score (nSPS) is 14.0. The molecule has 0 aliphatic heterocycles. The Morgan fingerprint density at radius 3 is 2.39 bits per heavy atom. The summed E-state index contributed by atoms with van der Waals surface area (Å²) in [7, 11) is 0. The van der Waals surface area contributed by atoms with Gasteiger partial charge in [-0.2, -0.15) is 0 Å². The fourth-order valence-corrected chi connectivity index (χ4v) is 3.03. The first kappa shape index (κ1) is 21.5. The van der Waals surface area contributed by atoms with E-state index in [0.29, 0.717) is 18.0 Å². The number of hydrogen-bond donors (Lipinski definition) is 4. The van der Waals surface area contributed by atoms with Gasteiger partial charge in [0.1, 0.15) is 5.75 Å². The van der Waals surface area contributed by atoms with Crippen molar-refractivity contribution >= 4 is 23.5 Å². The third-order valence-corrected chi connectivity index (χ3v) is 4.46. The van der Waals surface area contributed by atoms with Gasteiger partial charge < -0.3 is 26.0 Å². The molecule has 0 saturated heterocycles. The summed E-state index contributed by atoms with van der Waals surface area (Å²) in [4.78, 5) is 35.2. The smallest absolute Gasteiger partial charge is 0.315 e. The third-order valence-electron chi connectivity index (χ3n) is 4.46. The molecule has 0 atom stereocenters. The second-order valence-corrected chi connectivity index (χ2v) is 6.80. The molecule has 0 aromatic heterocycles. The highest BCUT2D eigenvalue weighted by Crippen LogP contribution is 2.17. The maximum atomic E-state index is 12.0. The number of ether oxygens (including phenoxy) is 1. The van der Waals surface area contributed by atoms with Crippen LogP contribution in [0.4, 0.5) is 10.5 Å². The highest BCUT2D eigenvalue weighted by molar-refractivity contribution is 5.91. The fourth-order valence-electron chi connectivity index (χ4n) is 3.03. The van der Waals surface area contributed by atoms with Crippen molar-refractivity contribution in [2.75, 3.05) is 25.0 Å². The number of anilines is 1. The Balaban J connectivity index is 1.62. The largest absolute Gasteiger partial charge is 0.484 e. The first-order valence-corrected chi connectivity index (χ1v) is 9.90. The number of benzene rings is 1. The van der Waals surface area contributed by atoms with Crippen LogP contribution in [0.1, 0.15) is 45.4 Å². The molecule has 8 heteroatoms. The van der Waals surface area contributed by atoms with Gasteiger partial charge in [-0.1, -0.05) is 19.3 Å². The molecule has 1 aromatic carbocycles. The van der Waals surface area contributed by atoms with Crippen LogP contribution >= 0.6 is 0 Å². The zero-order valence-corrected chi connectivity index (χ0v) is 16.4. The van der Waals surface area contributed by atoms with E-state index in [0.717, 1.165) is 25.7 Å². The molecule has 4 N–H and O–H groups in total. The van der Waals surface area contributed by atoms with Gasteiger partial charge in [0.15, 0.2) is 6.61 Å². The van der Waals surface area contributed by atoms with E-state index in [4.69, 9.17) is 4.74 Å². The summed E-state index contributed by atoms with van der Waals surface area (Å²) in [5, 5.41) is 11.1. The lowest BCUT2D eigenvalue weighted by atomic mass is 9.96. The molecule has 8 nitrogen and oxygen atoms in total. The van der Waals surface area contributed by atoms with Crippen LogP contribution in [0.3, 0.4) is 0 Å². The lowest BCUT2D eigenvalue weighted by molar-refractivity contribution is -0.123. The SMILES string of the molecule is CCNC(=O)COc1ccc(NC(=O)CCNC(=O)NC2CCCCC2)cc1. The van der Waals surface area contributed by atoms with Crippen molar-refractivity contribution in [3.63, 3.8) is 0 Å². The van der Waals surface area contributed by atoms with E-state index >= 15 is 0 Å². The van der Waals surface area contributed by atoms with Crippen LogP contribution in [0.15, 0.2) is 24.3 Å². The molecular weight excluding hydrogens is 360 g/mol. The van der Waals surface area contributed by atoms with Gasteiger partial charge in [-0.3, -0.25) is 9.59 Å². The van der Waals surface area contributed by atoms with E-state index in [-0.39, 0.29) is 43.5 Å². The van der Waals surface area contributed by atoms with Crippen LogP contribution < -0.4 is 26.0 Å². The van der Waals surface area contributed by atoms with E-state index in [1.807, 2.05) is 6.92 Å². The number of nitrogens with one attached hydrogen (secondary N) is 4. The third kappa shape index (κ3) is 8.28. The van der Waals surface area contributed by atoms with Crippen LogP contribution in [0.5, 0.6) is 5.75 Å². The van der Waals surface area contributed by atoms with Gasteiger partial charge in [-0.25, -0.2) is 4.79 Å². The highest BCUT2D eigenvalue weighted by Gasteiger charge is 2.15. The first-order chi connectivity index (χ1) is 13.6. The summed E-state index contributed by atoms with van der Waals surface area (Å²) in [5.74, 6) is 0.180. The molecule has 0 bridgehead atoms. The molecule has 0 unspecified atom stereocenters. The van der Waals surface area contributed by atoms with E-state index in [2.05, 4.69) is 21.3 Å². The number of urea groups is 1. The summed E-state index contributed by atoms with van der Waals surface area (Å²) >= 11 is 0. The van der Waals surface area contributed by atoms with Gasteiger partial charge in [0.05, 0.1) is 0 Å². The minimum Gasteiger partial charge on any atom is -0.484 e. The molecule has 0 radical (unpaired) electrons. The molecule has 1 aromatic rings. The Bertz CT molecular complexity index is 642. The lowest BCUT2D eigenvalue weighted by Crippen LogP contribution is -2.43. The maximum absolute atomic E-state index is 12.0. The molecule has 0 heterocycles. The number of hydrogen-bond acceptors (Lipinski definition) is 4. The molecule has 1 saturated carbocycles. The number of likely N-dealkylation sites (N-methyl/N-ethyl adjacent to an activating group) is 1. The van der Waals surface area contributed by atoms with Crippen molar-refractivity contribution in [2.45, 2.75) is 51.5 Å². The quantitative estimate of drug-likeness (QED) is 0.518. The average Bonchev–Trinajstić information content (AvgIpc) is 2.68. The Kier molecular flexibility index (Phi) is 9.10. The highest BCUT2D eigenvalue weighted by atomic mass is 16.5. The molecule has 0 spiro atoms. The van der Waals surface area contributed by atoms with Gasteiger partial charge in [0.2, 0.25) is 5.91 Å². The van der Waals surface area contributed by atoms with Crippen LogP contribution in [-0.2, 0) is 9.59 Å². The van der Waals surface area contributed by atoms with Gasteiger partial charge in [-0.05, 0) is 44.0 Å². The molecule has 1 fully saturated rings. The van der Waals surface area contributed by atoms with Crippen LogP contribution in [0, 0.1) is 0 Å². The molecule has 1 aliphatic rings. The van der Waals surface area contributed by atoms with E-state index < -0.39 is 0 Å². The Hall–Kier alpha value is -2.77. The number of carbonyl (C=O) groups is 3. The first-order valence-electron chi connectivity index (χ1n) is 9.90. The van der Waals surface area contributed by atoms with Crippen molar-refractivity contribution in [1.82, 2.24) is 16.0 Å². The molecule has 28 heavy (non-hydrogen) atoms. The summed E-state index contributed by atoms with van der Waals surface area (Å²) in [6.07, 6.45) is 5.79. The van der Waals surface area contributed by atoms with Gasteiger partial charge in [0, 0.05) is 31.2 Å². The van der Waals surface area contributed by atoms with Gasteiger partial charge in [-0.15, -0.1) is 0 Å².